The molecule has 1 aromatic carbocycles. The minimum atomic E-state index is -4.44. The van der Waals surface area contributed by atoms with E-state index in [1.165, 1.54) is 6.20 Å². The second kappa shape index (κ2) is 7.65. The summed E-state index contributed by atoms with van der Waals surface area (Å²) < 4.78 is 38.3. The molecule has 0 saturated carbocycles. The van der Waals surface area contributed by atoms with Gasteiger partial charge in [0.2, 0.25) is 5.95 Å². The Kier molecular flexibility index (Phi) is 5.33. The van der Waals surface area contributed by atoms with Crippen LogP contribution in [0, 0.1) is 0 Å². The summed E-state index contributed by atoms with van der Waals surface area (Å²) in [5.74, 6) is 0.148. The van der Waals surface area contributed by atoms with E-state index in [4.69, 9.17) is 0 Å². The maximum absolute atomic E-state index is 12.8. The van der Waals surface area contributed by atoms with E-state index in [1.54, 1.807) is 4.90 Å². The molecule has 0 bridgehead atoms. The number of hydrogen-bond acceptors (Lipinski definition) is 4. The minimum Gasteiger partial charge on any atom is -0.338 e. The Morgan fingerprint density at radius 2 is 1.72 bits per heavy atom. The highest BCUT2D eigenvalue weighted by Gasteiger charge is 2.33. The summed E-state index contributed by atoms with van der Waals surface area (Å²) in [6.07, 6.45) is 0.899. The number of aromatic nitrogens is 2. The second-order valence-electron chi connectivity index (χ2n) is 5.84. The molecule has 1 fully saturated rings. The zero-order valence-corrected chi connectivity index (χ0v) is 13.7. The monoisotopic (exact) mass is 348 g/mol. The molecule has 1 aliphatic heterocycles. The zero-order valence-electron chi connectivity index (χ0n) is 13.7. The molecule has 1 saturated heterocycles. The van der Waals surface area contributed by atoms with Gasteiger partial charge >= 0.3 is 6.18 Å². The number of alkyl halides is 3. The van der Waals surface area contributed by atoms with Crippen molar-refractivity contribution in [1.82, 2.24) is 14.9 Å². The van der Waals surface area contributed by atoms with Gasteiger partial charge in [-0.3, -0.25) is 4.90 Å². The van der Waals surface area contributed by atoms with Gasteiger partial charge in [-0.1, -0.05) is 42.5 Å². The summed E-state index contributed by atoms with van der Waals surface area (Å²) >= 11 is 0. The maximum Gasteiger partial charge on any atom is 0.433 e. The number of piperazine rings is 1. The molecule has 132 valence electrons. The average molecular weight is 348 g/mol. The first-order valence-electron chi connectivity index (χ1n) is 8.11. The van der Waals surface area contributed by atoms with Crippen molar-refractivity contribution < 1.29 is 13.2 Å². The first kappa shape index (κ1) is 17.4. The largest absolute Gasteiger partial charge is 0.433 e. The number of anilines is 1. The van der Waals surface area contributed by atoms with E-state index in [-0.39, 0.29) is 5.95 Å². The summed E-state index contributed by atoms with van der Waals surface area (Å²) in [5, 5.41) is 0. The van der Waals surface area contributed by atoms with E-state index in [0.29, 0.717) is 13.1 Å². The molecule has 0 unspecified atom stereocenters. The van der Waals surface area contributed by atoms with Crippen molar-refractivity contribution in [1.29, 1.82) is 0 Å². The van der Waals surface area contributed by atoms with Gasteiger partial charge in [0, 0.05) is 38.9 Å². The van der Waals surface area contributed by atoms with E-state index in [9.17, 15) is 13.2 Å². The van der Waals surface area contributed by atoms with Crippen LogP contribution in [0.5, 0.6) is 0 Å². The number of benzene rings is 1. The molecular formula is C18H19F3N4. The molecule has 0 radical (unpaired) electrons. The Bertz CT molecular complexity index is 708. The molecule has 1 aliphatic rings. The quantitative estimate of drug-likeness (QED) is 0.848. The molecule has 0 aliphatic carbocycles. The van der Waals surface area contributed by atoms with E-state index in [0.717, 1.165) is 31.3 Å². The SMILES string of the molecule is FC(F)(F)c1ccnc(N2CCN(C/C=C/c3ccccc3)CC2)n1. The molecule has 0 atom stereocenters. The van der Waals surface area contributed by atoms with Gasteiger partial charge in [-0.2, -0.15) is 13.2 Å². The number of nitrogens with zero attached hydrogens (tertiary/aromatic N) is 4. The smallest absolute Gasteiger partial charge is 0.338 e. The molecular weight excluding hydrogens is 329 g/mol. The lowest BCUT2D eigenvalue weighted by molar-refractivity contribution is -0.141. The normalized spacial score (nSPS) is 16.5. The standard InChI is InChI=1S/C18H19F3N4/c19-18(20,21)16-8-9-22-17(23-16)25-13-11-24(12-14-25)10-4-7-15-5-2-1-3-6-15/h1-9H,10-14H2/b7-4+. The van der Waals surface area contributed by atoms with Gasteiger partial charge in [-0.05, 0) is 11.6 Å². The third-order valence-electron chi connectivity index (χ3n) is 4.06. The summed E-state index contributed by atoms with van der Waals surface area (Å²) in [4.78, 5) is 11.7. The van der Waals surface area contributed by atoms with Crippen LogP contribution >= 0.6 is 0 Å². The van der Waals surface area contributed by atoms with E-state index in [2.05, 4.69) is 27.0 Å². The minimum absolute atomic E-state index is 0.148. The predicted octanol–water partition coefficient (Wildman–Crippen LogP) is 3.33. The lowest BCUT2D eigenvalue weighted by Crippen LogP contribution is -2.47. The second-order valence-corrected chi connectivity index (χ2v) is 5.84. The van der Waals surface area contributed by atoms with Crippen LogP contribution in [-0.4, -0.2) is 47.6 Å². The van der Waals surface area contributed by atoms with Gasteiger partial charge in [0.15, 0.2) is 0 Å². The van der Waals surface area contributed by atoms with Gasteiger partial charge in [-0.25, -0.2) is 9.97 Å². The van der Waals surface area contributed by atoms with Crippen LogP contribution in [0.25, 0.3) is 6.08 Å². The highest BCUT2D eigenvalue weighted by atomic mass is 19.4. The van der Waals surface area contributed by atoms with Crippen molar-refractivity contribution in [2.45, 2.75) is 6.18 Å². The van der Waals surface area contributed by atoms with Crippen molar-refractivity contribution >= 4 is 12.0 Å². The fourth-order valence-corrected chi connectivity index (χ4v) is 2.69. The fraction of sp³-hybridized carbons (Fsp3) is 0.333. The number of rotatable bonds is 4. The lowest BCUT2D eigenvalue weighted by Gasteiger charge is -2.34. The third kappa shape index (κ3) is 4.79. The number of hydrogen-bond donors (Lipinski definition) is 0. The van der Waals surface area contributed by atoms with Crippen LogP contribution in [0.2, 0.25) is 0 Å². The van der Waals surface area contributed by atoms with Gasteiger partial charge < -0.3 is 4.90 Å². The van der Waals surface area contributed by atoms with E-state index in [1.807, 2.05) is 30.3 Å². The van der Waals surface area contributed by atoms with Gasteiger partial charge in [0.1, 0.15) is 5.69 Å². The fourth-order valence-electron chi connectivity index (χ4n) is 2.69. The van der Waals surface area contributed by atoms with Crippen LogP contribution in [0.15, 0.2) is 48.7 Å². The van der Waals surface area contributed by atoms with Crippen LogP contribution in [0.4, 0.5) is 19.1 Å². The first-order chi connectivity index (χ1) is 12.0. The van der Waals surface area contributed by atoms with E-state index >= 15 is 0 Å². The van der Waals surface area contributed by atoms with Crippen LogP contribution in [0.1, 0.15) is 11.3 Å². The van der Waals surface area contributed by atoms with Gasteiger partial charge in [-0.15, -0.1) is 0 Å². The summed E-state index contributed by atoms with van der Waals surface area (Å²) in [6, 6.07) is 10.9. The summed E-state index contributed by atoms with van der Waals surface area (Å²) in [7, 11) is 0. The highest BCUT2D eigenvalue weighted by Crippen LogP contribution is 2.28. The Morgan fingerprint density at radius 1 is 1.00 bits per heavy atom. The Morgan fingerprint density at radius 3 is 2.40 bits per heavy atom. The van der Waals surface area contributed by atoms with Gasteiger partial charge in [0.05, 0.1) is 0 Å². The topological polar surface area (TPSA) is 32.3 Å². The molecule has 2 heterocycles. The highest BCUT2D eigenvalue weighted by molar-refractivity contribution is 5.48. The molecule has 4 nitrogen and oxygen atoms in total. The Balaban J connectivity index is 1.53. The molecule has 0 N–H and O–H groups in total. The van der Waals surface area contributed by atoms with Crippen LogP contribution < -0.4 is 4.90 Å². The van der Waals surface area contributed by atoms with Crippen molar-refractivity contribution in [3.63, 3.8) is 0 Å². The molecule has 2 aromatic rings. The first-order valence-corrected chi connectivity index (χ1v) is 8.11. The number of halogens is 3. The maximum atomic E-state index is 12.8. The molecule has 1 aromatic heterocycles. The zero-order chi connectivity index (χ0) is 17.7. The third-order valence-corrected chi connectivity index (χ3v) is 4.06. The van der Waals surface area contributed by atoms with Crippen LogP contribution in [-0.2, 0) is 6.18 Å². The lowest BCUT2D eigenvalue weighted by atomic mass is 10.2. The van der Waals surface area contributed by atoms with Crippen molar-refractivity contribution in [2.75, 3.05) is 37.6 Å². The average Bonchev–Trinajstić information content (AvgIpc) is 2.63. The molecule has 0 spiro atoms. The molecule has 0 amide bonds. The molecule has 7 heteroatoms. The molecule has 25 heavy (non-hydrogen) atoms. The predicted molar refractivity (Wildman–Crippen MR) is 91.2 cm³/mol. The van der Waals surface area contributed by atoms with Crippen molar-refractivity contribution in [3.8, 4) is 0 Å². The summed E-state index contributed by atoms with van der Waals surface area (Å²) in [6.45, 7) is 3.56. The Hall–Kier alpha value is -2.41. The Labute approximate surface area is 144 Å². The van der Waals surface area contributed by atoms with Crippen molar-refractivity contribution in [2.24, 2.45) is 0 Å². The summed E-state index contributed by atoms with van der Waals surface area (Å²) in [5.41, 5.74) is 0.254. The molecule has 3 rings (SSSR count). The van der Waals surface area contributed by atoms with Gasteiger partial charge in [0.25, 0.3) is 0 Å². The van der Waals surface area contributed by atoms with Crippen molar-refractivity contribution in [3.05, 3.63) is 59.9 Å². The van der Waals surface area contributed by atoms with Crippen LogP contribution in [0.3, 0.4) is 0 Å². The van der Waals surface area contributed by atoms with E-state index < -0.39 is 11.9 Å².